The van der Waals surface area contributed by atoms with E-state index in [1.54, 1.807) is 22.9 Å². The Morgan fingerprint density at radius 1 is 0.963 bits per heavy atom. The van der Waals surface area contributed by atoms with E-state index in [2.05, 4.69) is 27.9 Å². The van der Waals surface area contributed by atoms with E-state index in [1.165, 1.54) is 0 Å². The average Bonchev–Trinajstić information content (AvgIpc) is 2.69. The minimum absolute atomic E-state index is 0.0183. The quantitative estimate of drug-likeness (QED) is 0.536. The molecule has 0 aliphatic carbocycles. The number of ether oxygens (including phenoxy) is 1. The van der Waals surface area contributed by atoms with Gasteiger partial charge in [-0.05, 0) is 64.0 Å². The fourth-order valence-electron chi connectivity index (χ4n) is 2.48. The van der Waals surface area contributed by atoms with Crippen molar-refractivity contribution in [1.82, 2.24) is 9.88 Å². The van der Waals surface area contributed by atoms with Gasteiger partial charge in [-0.25, -0.2) is 0 Å². The normalized spacial score (nSPS) is 10.4. The van der Waals surface area contributed by atoms with Crippen LogP contribution in [0.3, 0.4) is 0 Å². The van der Waals surface area contributed by atoms with E-state index >= 15 is 0 Å². The molecule has 1 amide bonds. The lowest BCUT2D eigenvalue weighted by Gasteiger charge is -2.09. The van der Waals surface area contributed by atoms with Crippen LogP contribution in [0, 0.1) is 3.57 Å². The van der Waals surface area contributed by atoms with Crippen molar-refractivity contribution >= 4 is 28.5 Å². The summed E-state index contributed by atoms with van der Waals surface area (Å²) in [5.41, 5.74) is 1.99. The van der Waals surface area contributed by atoms with Gasteiger partial charge in [0.2, 0.25) is 0 Å². The number of nitrogens with zero attached hydrogens (tertiary/aromatic N) is 1. The fourth-order valence-corrected chi connectivity index (χ4v) is 2.84. The second-order valence-corrected chi connectivity index (χ2v) is 7.25. The van der Waals surface area contributed by atoms with Crippen molar-refractivity contribution < 1.29 is 9.53 Å². The molecule has 138 valence electrons. The second kappa shape index (κ2) is 9.36. The van der Waals surface area contributed by atoms with Gasteiger partial charge in [-0.3, -0.25) is 9.59 Å². The lowest BCUT2D eigenvalue weighted by atomic mass is 10.1. The fraction of sp³-hybridized carbons (Fsp3) is 0.143. The van der Waals surface area contributed by atoms with Crippen molar-refractivity contribution in [2.45, 2.75) is 13.1 Å². The van der Waals surface area contributed by atoms with Gasteiger partial charge in [0.1, 0.15) is 5.75 Å². The summed E-state index contributed by atoms with van der Waals surface area (Å²) in [6, 6.07) is 20.5. The number of carbonyl (C=O) groups is 1. The lowest BCUT2D eigenvalue weighted by molar-refractivity contribution is -0.123. The topological polar surface area (TPSA) is 60.3 Å². The molecular formula is C21H19IN2O3. The maximum absolute atomic E-state index is 11.9. The number of hydrogen-bond donors (Lipinski definition) is 1. The Morgan fingerprint density at radius 3 is 2.37 bits per heavy atom. The molecule has 1 heterocycles. The van der Waals surface area contributed by atoms with Gasteiger partial charge in [0.25, 0.3) is 11.5 Å². The number of benzene rings is 2. The first-order valence-corrected chi connectivity index (χ1v) is 9.56. The lowest BCUT2D eigenvalue weighted by Crippen LogP contribution is -2.28. The number of halogens is 1. The Hall–Kier alpha value is -2.61. The molecule has 6 heteroatoms. The highest BCUT2D eigenvalue weighted by molar-refractivity contribution is 14.1. The van der Waals surface area contributed by atoms with Crippen LogP contribution in [-0.2, 0) is 17.9 Å². The van der Waals surface area contributed by atoms with Gasteiger partial charge in [0, 0.05) is 22.4 Å². The SMILES string of the molecule is O=C(COc1ccc(I)cc1)NCc1ccc(Cn2ccccc2=O)cc1. The summed E-state index contributed by atoms with van der Waals surface area (Å²) in [5.74, 6) is 0.500. The van der Waals surface area contributed by atoms with Gasteiger partial charge in [-0.2, -0.15) is 0 Å². The van der Waals surface area contributed by atoms with Gasteiger partial charge in [0.15, 0.2) is 6.61 Å². The average molecular weight is 474 g/mol. The highest BCUT2D eigenvalue weighted by Crippen LogP contribution is 2.13. The smallest absolute Gasteiger partial charge is 0.258 e. The van der Waals surface area contributed by atoms with Crippen molar-refractivity contribution in [1.29, 1.82) is 0 Å². The van der Waals surface area contributed by atoms with Crippen molar-refractivity contribution in [2.24, 2.45) is 0 Å². The summed E-state index contributed by atoms with van der Waals surface area (Å²) in [5, 5.41) is 2.84. The van der Waals surface area contributed by atoms with E-state index in [4.69, 9.17) is 4.74 Å². The van der Waals surface area contributed by atoms with Crippen LogP contribution >= 0.6 is 22.6 Å². The zero-order chi connectivity index (χ0) is 19.1. The highest BCUT2D eigenvalue weighted by atomic mass is 127. The van der Waals surface area contributed by atoms with Crippen molar-refractivity contribution in [3.05, 3.63) is 98.0 Å². The molecule has 1 aromatic heterocycles. The highest BCUT2D eigenvalue weighted by Gasteiger charge is 2.04. The third kappa shape index (κ3) is 5.96. The minimum atomic E-state index is -0.173. The van der Waals surface area contributed by atoms with Crippen LogP contribution in [0.5, 0.6) is 5.75 Å². The van der Waals surface area contributed by atoms with E-state index in [0.717, 1.165) is 14.7 Å². The van der Waals surface area contributed by atoms with Crippen molar-refractivity contribution in [3.63, 3.8) is 0 Å². The molecule has 1 N–H and O–H groups in total. The molecule has 27 heavy (non-hydrogen) atoms. The molecule has 0 bridgehead atoms. The first-order chi connectivity index (χ1) is 13.1. The molecule has 0 spiro atoms. The number of nitrogens with one attached hydrogen (secondary N) is 1. The zero-order valence-corrected chi connectivity index (χ0v) is 16.8. The summed E-state index contributed by atoms with van der Waals surface area (Å²) in [6.45, 7) is 0.937. The summed E-state index contributed by atoms with van der Waals surface area (Å²) < 4.78 is 8.23. The zero-order valence-electron chi connectivity index (χ0n) is 14.6. The van der Waals surface area contributed by atoms with E-state index in [0.29, 0.717) is 18.8 Å². The number of amides is 1. The number of aromatic nitrogens is 1. The Balaban J connectivity index is 1.46. The van der Waals surface area contributed by atoms with Crippen LogP contribution in [0.2, 0.25) is 0 Å². The molecule has 0 aliphatic heterocycles. The van der Waals surface area contributed by atoms with Crippen LogP contribution in [-0.4, -0.2) is 17.1 Å². The molecule has 3 aromatic rings. The molecule has 5 nitrogen and oxygen atoms in total. The molecule has 0 aliphatic rings. The molecule has 0 atom stereocenters. The number of rotatable bonds is 7. The van der Waals surface area contributed by atoms with Gasteiger partial charge in [-0.1, -0.05) is 30.3 Å². The van der Waals surface area contributed by atoms with E-state index in [9.17, 15) is 9.59 Å². The molecule has 2 aromatic carbocycles. The number of hydrogen-bond acceptors (Lipinski definition) is 3. The molecular weight excluding hydrogens is 455 g/mol. The monoisotopic (exact) mass is 474 g/mol. The van der Waals surface area contributed by atoms with Crippen molar-refractivity contribution in [3.8, 4) is 5.75 Å². The van der Waals surface area contributed by atoms with Gasteiger partial charge >= 0.3 is 0 Å². The Morgan fingerprint density at radius 2 is 1.67 bits per heavy atom. The van der Waals surface area contributed by atoms with Crippen LogP contribution in [0.4, 0.5) is 0 Å². The molecule has 3 rings (SSSR count). The van der Waals surface area contributed by atoms with Crippen LogP contribution < -0.4 is 15.6 Å². The first-order valence-electron chi connectivity index (χ1n) is 8.48. The summed E-state index contributed by atoms with van der Waals surface area (Å²) in [6.07, 6.45) is 1.77. The molecule has 0 saturated heterocycles. The number of carbonyl (C=O) groups excluding carboxylic acids is 1. The van der Waals surface area contributed by atoms with E-state index in [-0.39, 0.29) is 18.1 Å². The summed E-state index contributed by atoms with van der Waals surface area (Å²) in [4.78, 5) is 23.7. The van der Waals surface area contributed by atoms with Crippen LogP contribution in [0.15, 0.2) is 77.7 Å². The first kappa shape index (κ1) is 19.2. The summed E-state index contributed by atoms with van der Waals surface area (Å²) >= 11 is 2.22. The van der Waals surface area contributed by atoms with E-state index < -0.39 is 0 Å². The summed E-state index contributed by atoms with van der Waals surface area (Å²) in [7, 11) is 0. The maximum Gasteiger partial charge on any atom is 0.258 e. The predicted octanol–water partition coefficient (Wildman–Crippen LogP) is 3.20. The standard InChI is InChI=1S/C21H19IN2O3/c22-18-8-10-19(11-9-18)27-15-20(25)23-13-16-4-6-17(7-5-16)14-24-12-2-1-3-21(24)26/h1-12H,13-15H2,(H,23,25). The van der Waals surface area contributed by atoms with E-state index in [1.807, 2.05) is 54.6 Å². The predicted molar refractivity (Wildman–Crippen MR) is 113 cm³/mol. The second-order valence-electron chi connectivity index (χ2n) is 6.00. The van der Waals surface area contributed by atoms with Gasteiger partial charge in [-0.15, -0.1) is 0 Å². The third-order valence-electron chi connectivity index (χ3n) is 3.95. The maximum atomic E-state index is 11.9. The third-order valence-corrected chi connectivity index (χ3v) is 4.67. The molecule has 0 radical (unpaired) electrons. The Kier molecular flexibility index (Phi) is 6.64. The Labute approximate surface area is 171 Å². The number of pyridine rings is 1. The van der Waals surface area contributed by atoms with Crippen LogP contribution in [0.25, 0.3) is 0 Å². The molecule has 0 unspecified atom stereocenters. The largest absolute Gasteiger partial charge is 0.484 e. The molecule has 0 saturated carbocycles. The van der Waals surface area contributed by atoms with Crippen LogP contribution in [0.1, 0.15) is 11.1 Å². The minimum Gasteiger partial charge on any atom is -0.484 e. The van der Waals surface area contributed by atoms with Gasteiger partial charge < -0.3 is 14.6 Å². The molecule has 0 fully saturated rings. The Bertz CT molecular complexity index is 950. The van der Waals surface area contributed by atoms with Gasteiger partial charge in [0.05, 0.1) is 6.54 Å². The van der Waals surface area contributed by atoms with Crippen molar-refractivity contribution in [2.75, 3.05) is 6.61 Å².